The summed E-state index contributed by atoms with van der Waals surface area (Å²) < 4.78 is 10.2. The van der Waals surface area contributed by atoms with Crippen molar-refractivity contribution in [2.24, 2.45) is 0 Å². The van der Waals surface area contributed by atoms with Gasteiger partial charge in [0.2, 0.25) is 0 Å². The minimum absolute atomic E-state index is 0.0816. The maximum atomic E-state index is 12.6. The summed E-state index contributed by atoms with van der Waals surface area (Å²) in [5.41, 5.74) is 2.58. The minimum Gasteiger partial charge on any atom is -0.497 e. The summed E-state index contributed by atoms with van der Waals surface area (Å²) in [6.45, 7) is 0. The van der Waals surface area contributed by atoms with Crippen LogP contribution < -0.4 is 9.47 Å². The van der Waals surface area contributed by atoms with E-state index in [1.807, 2.05) is 24.3 Å². The zero-order valence-electron chi connectivity index (χ0n) is 18.3. The van der Waals surface area contributed by atoms with E-state index in [2.05, 4.69) is 0 Å². The molecule has 0 radical (unpaired) electrons. The first-order valence-electron chi connectivity index (χ1n) is 10.5. The molecular formula is C27H26O5. The largest absolute Gasteiger partial charge is 0.497 e. The molecule has 0 unspecified atom stereocenters. The monoisotopic (exact) mass is 430 g/mol. The van der Waals surface area contributed by atoms with E-state index in [1.165, 1.54) is 0 Å². The predicted molar refractivity (Wildman–Crippen MR) is 123 cm³/mol. The fourth-order valence-electron chi connectivity index (χ4n) is 3.37. The second-order valence-electron chi connectivity index (χ2n) is 7.48. The highest BCUT2D eigenvalue weighted by Crippen LogP contribution is 2.17. The van der Waals surface area contributed by atoms with Crippen LogP contribution in [0.15, 0.2) is 72.8 Å². The molecule has 0 aliphatic carbocycles. The van der Waals surface area contributed by atoms with Crippen molar-refractivity contribution in [1.29, 1.82) is 0 Å². The highest BCUT2D eigenvalue weighted by Gasteiger charge is 2.14. The Bertz CT molecular complexity index is 1060. The molecule has 0 amide bonds. The van der Waals surface area contributed by atoms with E-state index in [0.717, 1.165) is 17.7 Å². The Morgan fingerprint density at radius 1 is 0.656 bits per heavy atom. The Labute approximate surface area is 188 Å². The number of hydrogen-bond donors (Lipinski definition) is 0. The summed E-state index contributed by atoms with van der Waals surface area (Å²) in [5, 5.41) is 0. The number of carbonyl (C=O) groups is 3. The van der Waals surface area contributed by atoms with Gasteiger partial charge in [0.25, 0.3) is 0 Å². The maximum Gasteiger partial charge on any atom is 0.193 e. The zero-order chi connectivity index (χ0) is 22.9. The lowest BCUT2D eigenvalue weighted by Crippen LogP contribution is -2.09. The number of rotatable bonds is 11. The van der Waals surface area contributed by atoms with Crippen molar-refractivity contribution in [3.8, 4) is 11.5 Å². The summed E-state index contributed by atoms with van der Waals surface area (Å²) in [5.74, 6) is 1.02. The van der Waals surface area contributed by atoms with Gasteiger partial charge in [0.1, 0.15) is 17.3 Å². The predicted octanol–water partition coefficient (Wildman–Crippen LogP) is 5.10. The molecule has 0 saturated carbocycles. The van der Waals surface area contributed by atoms with E-state index in [4.69, 9.17) is 9.47 Å². The lowest BCUT2D eigenvalue weighted by atomic mass is 9.98. The Morgan fingerprint density at radius 2 is 1.12 bits per heavy atom. The molecule has 0 bridgehead atoms. The Kier molecular flexibility index (Phi) is 7.92. The van der Waals surface area contributed by atoms with Crippen LogP contribution in [0.4, 0.5) is 0 Å². The topological polar surface area (TPSA) is 69.7 Å². The first-order valence-corrected chi connectivity index (χ1v) is 10.5. The molecule has 3 aromatic rings. The molecule has 3 rings (SSSR count). The van der Waals surface area contributed by atoms with E-state index in [9.17, 15) is 14.4 Å². The SMILES string of the molecule is COc1ccc(CCCC(=O)CC(=O)c2ccc(C(=O)c3ccc(OC)cc3)cc2)cc1. The number of ketones is 3. The Morgan fingerprint density at radius 3 is 1.66 bits per heavy atom. The fraction of sp³-hybridized carbons (Fsp3) is 0.222. The molecule has 0 heterocycles. The van der Waals surface area contributed by atoms with Gasteiger partial charge < -0.3 is 9.47 Å². The summed E-state index contributed by atoms with van der Waals surface area (Å²) in [6.07, 6.45) is 1.68. The number of carbonyl (C=O) groups excluding carboxylic acids is 3. The number of methoxy groups -OCH3 is 2. The van der Waals surface area contributed by atoms with E-state index in [-0.39, 0.29) is 23.8 Å². The average Bonchev–Trinajstić information content (AvgIpc) is 2.84. The van der Waals surface area contributed by atoms with Gasteiger partial charge in [-0.25, -0.2) is 0 Å². The summed E-state index contributed by atoms with van der Waals surface area (Å²) in [6, 6.07) is 21.0. The molecule has 3 aromatic carbocycles. The molecule has 0 N–H and O–H groups in total. The van der Waals surface area contributed by atoms with Crippen LogP contribution in [-0.2, 0) is 11.2 Å². The summed E-state index contributed by atoms with van der Waals surface area (Å²) >= 11 is 0. The van der Waals surface area contributed by atoms with Crippen LogP contribution >= 0.6 is 0 Å². The molecule has 0 aliphatic rings. The zero-order valence-corrected chi connectivity index (χ0v) is 18.3. The fourth-order valence-corrected chi connectivity index (χ4v) is 3.37. The lowest BCUT2D eigenvalue weighted by Gasteiger charge is -2.06. The Hall–Kier alpha value is -3.73. The molecule has 0 fully saturated rings. The number of ether oxygens (including phenoxy) is 2. The second-order valence-corrected chi connectivity index (χ2v) is 7.48. The van der Waals surface area contributed by atoms with Crippen molar-refractivity contribution in [3.63, 3.8) is 0 Å². The van der Waals surface area contributed by atoms with Crippen LogP contribution in [0, 0.1) is 0 Å². The van der Waals surface area contributed by atoms with Crippen molar-refractivity contribution in [1.82, 2.24) is 0 Å². The second kappa shape index (κ2) is 11.0. The van der Waals surface area contributed by atoms with Gasteiger partial charge in [-0.3, -0.25) is 14.4 Å². The molecule has 0 aliphatic heterocycles. The first-order chi connectivity index (χ1) is 15.5. The van der Waals surface area contributed by atoms with Crippen LogP contribution in [0.25, 0.3) is 0 Å². The normalized spacial score (nSPS) is 10.4. The molecular weight excluding hydrogens is 404 g/mol. The molecule has 0 atom stereocenters. The smallest absolute Gasteiger partial charge is 0.193 e. The van der Waals surface area contributed by atoms with Gasteiger partial charge >= 0.3 is 0 Å². The molecule has 0 spiro atoms. The van der Waals surface area contributed by atoms with Gasteiger partial charge in [-0.1, -0.05) is 36.4 Å². The first kappa shape index (κ1) is 22.9. The summed E-state index contributed by atoms with van der Waals surface area (Å²) in [4.78, 5) is 37.3. The van der Waals surface area contributed by atoms with Crippen molar-refractivity contribution in [2.45, 2.75) is 25.7 Å². The Balaban J connectivity index is 1.49. The highest BCUT2D eigenvalue weighted by atomic mass is 16.5. The van der Waals surface area contributed by atoms with Crippen LogP contribution in [0.2, 0.25) is 0 Å². The van der Waals surface area contributed by atoms with Crippen molar-refractivity contribution < 1.29 is 23.9 Å². The van der Waals surface area contributed by atoms with Gasteiger partial charge in [-0.05, 0) is 54.8 Å². The number of benzene rings is 3. The van der Waals surface area contributed by atoms with E-state index in [1.54, 1.807) is 62.8 Å². The number of aryl methyl sites for hydroxylation is 1. The molecule has 5 heteroatoms. The third kappa shape index (κ3) is 6.14. The molecule has 0 saturated heterocycles. The molecule has 32 heavy (non-hydrogen) atoms. The van der Waals surface area contributed by atoms with Gasteiger partial charge in [-0.15, -0.1) is 0 Å². The van der Waals surface area contributed by atoms with Crippen LogP contribution in [-0.4, -0.2) is 31.6 Å². The minimum atomic E-state index is -0.233. The van der Waals surface area contributed by atoms with Gasteiger partial charge in [0.05, 0.1) is 20.6 Å². The van der Waals surface area contributed by atoms with Gasteiger partial charge in [0, 0.05) is 23.1 Å². The molecule has 0 aromatic heterocycles. The molecule has 164 valence electrons. The third-order valence-corrected chi connectivity index (χ3v) is 5.26. The average molecular weight is 431 g/mol. The van der Waals surface area contributed by atoms with Crippen molar-refractivity contribution in [2.75, 3.05) is 14.2 Å². The standard InChI is InChI=1S/C27H26O5/c1-31-24-14-6-19(7-15-24)4-3-5-23(28)18-26(29)20-8-10-21(11-9-20)27(30)22-12-16-25(32-2)17-13-22/h6-17H,3-5,18H2,1-2H3. The van der Waals surface area contributed by atoms with Gasteiger partial charge in [-0.2, -0.15) is 0 Å². The number of hydrogen-bond acceptors (Lipinski definition) is 5. The van der Waals surface area contributed by atoms with Crippen LogP contribution in [0.5, 0.6) is 11.5 Å². The van der Waals surface area contributed by atoms with E-state index in [0.29, 0.717) is 35.3 Å². The van der Waals surface area contributed by atoms with Crippen molar-refractivity contribution >= 4 is 17.3 Å². The lowest BCUT2D eigenvalue weighted by molar-refractivity contribution is -0.118. The number of Topliss-reactive ketones (excluding diaryl/α,β-unsaturated/α-hetero) is 2. The van der Waals surface area contributed by atoms with Gasteiger partial charge in [0.15, 0.2) is 11.6 Å². The highest BCUT2D eigenvalue weighted by molar-refractivity contribution is 6.11. The van der Waals surface area contributed by atoms with Crippen LogP contribution in [0.3, 0.4) is 0 Å². The third-order valence-electron chi connectivity index (χ3n) is 5.26. The van der Waals surface area contributed by atoms with Crippen LogP contribution in [0.1, 0.15) is 51.1 Å². The van der Waals surface area contributed by atoms with Crippen molar-refractivity contribution in [3.05, 3.63) is 95.1 Å². The van der Waals surface area contributed by atoms with E-state index < -0.39 is 0 Å². The van der Waals surface area contributed by atoms with E-state index >= 15 is 0 Å². The maximum absolute atomic E-state index is 12.6. The summed E-state index contributed by atoms with van der Waals surface area (Å²) in [7, 11) is 3.19. The quantitative estimate of drug-likeness (QED) is 0.313. The molecule has 5 nitrogen and oxygen atoms in total.